The molecule has 0 atom stereocenters. The van der Waals surface area contributed by atoms with E-state index in [-0.39, 0.29) is 11.6 Å². The van der Waals surface area contributed by atoms with Crippen LogP contribution in [-0.2, 0) is 27.8 Å². The molecule has 0 amide bonds. The summed E-state index contributed by atoms with van der Waals surface area (Å²) in [6.45, 7) is 7.87. The van der Waals surface area contributed by atoms with Crippen LogP contribution in [0.25, 0.3) is 0 Å². The van der Waals surface area contributed by atoms with Crippen LogP contribution in [0.1, 0.15) is 42.6 Å². The van der Waals surface area contributed by atoms with Gasteiger partial charge in [-0.15, -0.1) is 0 Å². The lowest BCUT2D eigenvalue weighted by molar-refractivity contribution is 0.182. The van der Waals surface area contributed by atoms with E-state index in [2.05, 4.69) is 5.10 Å². The third kappa shape index (κ3) is 4.31. The third-order valence-corrected chi connectivity index (χ3v) is 7.60. The van der Waals surface area contributed by atoms with Crippen LogP contribution in [0.3, 0.4) is 0 Å². The summed E-state index contributed by atoms with van der Waals surface area (Å²) in [6.07, 6.45) is 1.29. The van der Waals surface area contributed by atoms with Crippen molar-refractivity contribution in [2.24, 2.45) is 0 Å². The van der Waals surface area contributed by atoms with Crippen molar-refractivity contribution in [3.63, 3.8) is 0 Å². The molecule has 0 radical (unpaired) electrons. The van der Waals surface area contributed by atoms with Crippen molar-refractivity contribution in [3.8, 4) is 0 Å². The van der Waals surface area contributed by atoms with Crippen LogP contribution in [0.5, 0.6) is 0 Å². The summed E-state index contributed by atoms with van der Waals surface area (Å²) in [5.41, 5.74) is 1.55. The SMILES string of the molecule is CCn1c(C2CCN(S(=O)(=O)c3cc(C)ccc3C)CC2)nn(CCOC)c1=O. The second-order valence-corrected chi connectivity index (χ2v) is 9.45. The van der Waals surface area contributed by atoms with Gasteiger partial charge >= 0.3 is 5.69 Å². The molecule has 1 fully saturated rings. The maximum Gasteiger partial charge on any atom is 0.345 e. The Morgan fingerprint density at radius 2 is 1.90 bits per heavy atom. The van der Waals surface area contributed by atoms with Crippen LogP contribution in [0, 0.1) is 13.8 Å². The summed E-state index contributed by atoms with van der Waals surface area (Å²) < 4.78 is 36.0. The van der Waals surface area contributed by atoms with Crippen molar-refractivity contribution in [1.82, 2.24) is 18.7 Å². The van der Waals surface area contributed by atoms with E-state index in [1.807, 2.05) is 32.9 Å². The lowest BCUT2D eigenvalue weighted by Crippen LogP contribution is -2.38. The monoisotopic (exact) mass is 422 g/mol. The van der Waals surface area contributed by atoms with E-state index in [9.17, 15) is 13.2 Å². The fraction of sp³-hybridized carbons (Fsp3) is 0.600. The van der Waals surface area contributed by atoms with E-state index in [1.54, 1.807) is 22.0 Å². The molecule has 0 bridgehead atoms. The number of methoxy groups -OCH3 is 1. The summed E-state index contributed by atoms with van der Waals surface area (Å²) in [5.74, 6) is 0.814. The minimum Gasteiger partial charge on any atom is -0.383 e. The zero-order valence-electron chi connectivity index (χ0n) is 17.6. The van der Waals surface area contributed by atoms with Crippen LogP contribution in [0.2, 0.25) is 0 Å². The lowest BCUT2D eigenvalue weighted by Gasteiger charge is -2.31. The number of hydrogen-bond acceptors (Lipinski definition) is 5. The van der Waals surface area contributed by atoms with Gasteiger partial charge in [0.15, 0.2) is 0 Å². The Labute approximate surface area is 172 Å². The standard InChI is InChI=1S/C20H30N4O4S/c1-5-23-19(21-24(20(23)25)12-13-28-4)17-8-10-22(11-9-17)29(26,27)18-14-15(2)6-7-16(18)3/h6-7,14,17H,5,8-13H2,1-4H3. The second-order valence-electron chi connectivity index (χ2n) is 7.55. The first kappa shape index (κ1) is 21.7. The van der Waals surface area contributed by atoms with Gasteiger partial charge in [0.2, 0.25) is 10.0 Å². The third-order valence-electron chi connectivity index (χ3n) is 5.56. The Morgan fingerprint density at radius 1 is 1.21 bits per heavy atom. The molecule has 3 rings (SSSR count). The minimum absolute atomic E-state index is 0.0662. The van der Waals surface area contributed by atoms with Crippen LogP contribution in [0.15, 0.2) is 27.9 Å². The molecule has 160 valence electrons. The number of rotatable bonds is 7. The lowest BCUT2D eigenvalue weighted by atomic mass is 9.97. The minimum atomic E-state index is -3.53. The highest BCUT2D eigenvalue weighted by atomic mass is 32.2. The Kier molecular flexibility index (Phi) is 6.60. The molecular weight excluding hydrogens is 392 g/mol. The molecule has 0 unspecified atom stereocenters. The number of hydrogen-bond donors (Lipinski definition) is 0. The normalized spacial score (nSPS) is 16.4. The average molecular weight is 423 g/mol. The number of nitrogens with zero attached hydrogens (tertiary/aromatic N) is 4. The van der Waals surface area contributed by atoms with E-state index in [0.29, 0.717) is 50.5 Å². The topological polar surface area (TPSA) is 86.4 Å². The smallest absolute Gasteiger partial charge is 0.345 e. The number of piperidine rings is 1. The number of ether oxygens (including phenoxy) is 1. The molecule has 0 spiro atoms. The first-order chi connectivity index (χ1) is 13.8. The average Bonchev–Trinajstić information content (AvgIpc) is 3.03. The van der Waals surface area contributed by atoms with Crippen molar-refractivity contribution < 1.29 is 13.2 Å². The Hall–Kier alpha value is -1.97. The van der Waals surface area contributed by atoms with Gasteiger partial charge in [-0.05, 0) is 50.8 Å². The zero-order valence-corrected chi connectivity index (χ0v) is 18.4. The predicted molar refractivity (Wildman–Crippen MR) is 111 cm³/mol. The van der Waals surface area contributed by atoms with Crippen LogP contribution < -0.4 is 5.69 Å². The Balaban J connectivity index is 1.79. The molecule has 0 N–H and O–H groups in total. The molecule has 1 aliphatic heterocycles. The molecule has 29 heavy (non-hydrogen) atoms. The van der Waals surface area contributed by atoms with Gasteiger partial charge in [0, 0.05) is 32.7 Å². The number of aromatic nitrogens is 3. The van der Waals surface area contributed by atoms with Crippen LogP contribution in [-0.4, -0.2) is 53.9 Å². The van der Waals surface area contributed by atoms with E-state index >= 15 is 0 Å². The molecule has 1 aromatic carbocycles. The highest BCUT2D eigenvalue weighted by molar-refractivity contribution is 7.89. The Morgan fingerprint density at radius 3 is 2.52 bits per heavy atom. The first-order valence-corrected chi connectivity index (χ1v) is 11.5. The van der Waals surface area contributed by atoms with E-state index < -0.39 is 10.0 Å². The largest absolute Gasteiger partial charge is 0.383 e. The van der Waals surface area contributed by atoms with Crippen molar-refractivity contribution in [1.29, 1.82) is 0 Å². The van der Waals surface area contributed by atoms with Gasteiger partial charge in [0.05, 0.1) is 18.0 Å². The number of benzene rings is 1. The highest BCUT2D eigenvalue weighted by Gasteiger charge is 2.33. The maximum atomic E-state index is 13.1. The summed E-state index contributed by atoms with van der Waals surface area (Å²) in [5, 5.41) is 4.53. The second kappa shape index (κ2) is 8.81. The summed E-state index contributed by atoms with van der Waals surface area (Å²) in [4.78, 5) is 12.9. The molecule has 1 aromatic heterocycles. The molecule has 9 heteroatoms. The molecule has 1 saturated heterocycles. The molecule has 2 heterocycles. The summed E-state index contributed by atoms with van der Waals surface area (Å²) >= 11 is 0. The van der Waals surface area contributed by atoms with Crippen LogP contribution >= 0.6 is 0 Å². The summed E-state index contributed by atoms with van der Waals surface area (Å²) in [7, 11) is -1.94. The van der Waals surface area contributed by atoms with E-state index in [4.69, 9.17) is 4.74 Å². The van der Waals surface area contributed by atoms with Crippen molar-refractivity contribution in [3.05, 3.63) is 45.6 Å². The van der Waals surface area contributed by atoms with Crippen molar-refractivity contribution in [2.45, 2.75) is 57.5 Å². The van der Waals surface area contributed by atoms with Gasteiger partial charge in [0.25, 0.3) is 0 Å². The maximum absolute atomic E-state index is 13.1. The van der Waals surface area contributed by atoms with Gasteiger partial charge in [0.1, 0.15) is 5.82 Å². The molecular formula is C20H30N4O4S. The van der Waals surface area contributed by atoms with Crippen molar-refractivity contribution >= 4 is 10.0 Å². The van der Waals surface area contributed by atoms with Gasteiger partial charge in [-0.3, -0.25) is 4.57 Å². The number of aryl methyl sites for hydroxylation is 2. The fourth-order valence-electron chi connectivity index (χ4n) is 3.86. The highest BCUT2D eigenvalue weighted by Crippen LogP contribution is 2.30. The zero-order chi connectivity index (χ0) is 21.2. The molecule has 8 nitrogen and oxygen atoms in total. The molecule has 0 aliphatic carbocycles. The fourth-order valence-corrected chi connectivity index (χ4v) is 5.64. The van der Waals surface area contributed by atoms with Crippen LogP contribution in [0.4, 0.5) is 0 Å². The van der Waals surface area contributed by atoms with Gasteiger partial charge < -0.3 is 4.74 Å². The predicted octanol–water partition coefficient (Wildman–Crippen LogP) is 1.90. The molecule has 0 saturated carbocycles. The van der Waals surface area contributed by atoms with Gasteiger partial charge in [-0.1, -0.05) is 12.1 Å². The van der Waals surface area contributed by atoms with Gasteiger partial charge in [-0.2, -0.15) is 9.40 Å². The Bertz CT molecular complexity index is 1020. The molecule has 2 aromatic rings. The van der Waals surface area contributed by atoms with E-state index in [0.717, 1.165) is 17.0 Å². The van der Waals surface area contributed by atoms with Crippen molar-refractivity contribution in [2.75, 3.05) is 26.8 Å². The van der Waals surface area contributed by atoms with Gasteiger partial charge in [-0.25, -0.2) is 17.9 Å². The molecule has 1 aliphatic rings. The van der Waals surface area contributed by atoms with E-state index in [1.165, 1.54) is 4.68 Å². The number of sulfonamides is 1. The first-order valence-electron chi connectivity index (χ1n) is 10.0. The summed E-state index contributed by atoms with van der Waals surface area (Å²) in [6, 6.07) is 5.51. The quantitative estimate of drug-likeness (QED) is 0.680.